The summed E-state index contributed by atoms with van der Waals surface area (Å²) in [5.41, 5.74) is 11.3. The molecular weight excluding hydrogens is 220 g/mol. The van der Waals surface area contributed by atoms with Crippen molar-refractivity contribution in [3.63, 3.8) is 0 Å². The van der Waals surface area contributed by atoms with Crippen LogP contribution in [0.3, 0.4) is 0 Å². The molecular formula is C12H24N2O3. The van der Waals surface area contributed by atoms with Crippen LogP contribution >= 0.6 is 0 Å². The summed E-state index contributed by atoms with van der Waals surface area (Å²) in [6, 6.07) is -1.53. The molecule has 0 radical (unpaired) electrons. The van der Waals surface area contributed by atoms with Crippen molar-refractivity contribution in [1.82, 2.24) is 0 Å². The first-order chi connectivity index (χ1) is 7.79. The minimum atomic E-state index is -0.768. The van der Waals surface area contributed by atoms with Gasteiger partial charge in [0, 0.05) is 0 Å². The number of ether oxygens (including phenoxy) is 1. The topological polar surface area (TPSA) is 95.4 Å². The summed E-state index contributed by atoms with van der Waals surface area (Å²) in [5.74, 6) is -1.13. The summed E-state index contributed by atoms with van der Waals surface area (Å²) in [4.78, 5) is 23.0. The van der Waals surface area contributed by atoms with Crippen LogP contribution in [-0.2, 0) is 14.3 Å². The lowest BCUT2D eigenvalue weighted by Gasteiger charge is -2.18. The highest BCUT2D eigenvalue weighted by Crippen LogP contribution is 2.09. The highest BCUT2D eigenvalue weighted by molar-refractivity contribution is 5.90. The maximum Gasteiger partial charge on any atom is 0.330 e. The number of carbonyl (C=O) groups is 2. The van der Waals surface area contributed by atoms with Gasteiger partial charge in [-0.1, -0.05) is 34.1 Å². The van der Waals surface area contributed by atoms with Crippen LogP contribution in [0.4, 0.5) is 0 Å². The van der Waals surface area contributed by atoms with Gasteiger partial charge in [0.1, 0.15) is 12.1 Å². The van der Waals surface area contributed by atoms with Crippen molar-refractivity contribution in [1.29, 1.82) is 0 Å². The zero-order valence-electron chi connectivity index (χ0n) is 11.1. The lowest BCUT2D eigenvalue weighted by molar-refractivity contribution is -0.162. The molecule has 0 saturated carbocycles. The molecule has 0 saturated heterocycles. The van der Waals surface area contributed by atoms with Gasteiger partial charge in [-0.15, -0.1) is 0 Å². The van der Waals surface area contributed by atoms with Gasteiger partial charge in [0.25, 0.3) is 0 Å². The van der Waals surface area contributed by atoms with Crippen molar-refractivity contribution in [2.75, 3.05) is 0 Å². The van der Waals surface area contributed by atoms with Crippen LogP contribution < -0.4 is 11.5 Å². The van der Waals surface area contributed by atoms with Crippen LogP contribution in [-0.4, -0.2) is 24.0 Å². The van der Waals surface area contributed by atoms with Crippen molar-refractivity contribution < 1.29 is 14.3 Å². The smallest absolute Gasteiger partial charge is 0.330 e. The van der Waals surface area contributed by atoms with Crippen molar-refractivity contribution in [2.24, 2.45) is 23.3 Å². The van der Waals surface area contributed by atoms with Gasteiger partial charge < -0.3 is 16.2 Å². The highest BCUT2D eigenvalue weighted by atomic mass is 16.6. The van der Waals surface area contributed by atoms with Gasteiger partial charge >= 0.3 is 11.9 Å². The summed E-state index contributed by atoms with van der Waals surface area (Å²) in [6.45, 7) is 7.65. The Hall–Kier alpha value is -0.940. The fourth-order valence-corrected chi connectivity index (χ4v) is 1.33. The van der Waals surface area contributed by atoms with Gasteiger partial charge in [-0.3, -0.25) is 0 Å². The third kappa shape index (κ3) is 5.79. The highest BCUT2D eigenvalue weighted by Gasteiger charge is 2.26. The first-order valence-electron chi connectivity index (χ1n) is 6.06. The van der Waals surface area contributed by atoms with Crippen molar-refractivity contribution in [2.45, 2.75) is 52.6 Å². The summed E-state index contributed by atoms with van der Waals surface area (Å²) in [7, 11) is 0. The van der Waals surface area contributed by atoms with Gasteiger partial charge in [0.05, 0.1) is 0 Å². The molecule has 0 spiro atoms. The number of esters is 2. The van der Waals surface area contributed by atoms with Gasteiger partial charge in [-0.2, -0.15) is 0 Å². The van der Waals surface area contributed by atoms with Crippen LogP contribution in [0.15, 0.2) is 0 Å². The first-order valence-corrected chi connectivity index (χ1v) is 6.06. The van der Waals surface area contributed by atoms with Gasteiger partial charge in [-0.05, 0) is 18.3 Å². The normalized spacial score (nSPS) is 16.4. The van der Waals surface area contributed by atoms with E-state index in [-0.39, 0.29) is 11.8 Å². The Bertz CT molecular complexity index is 266. The second-order valence-corrected chi connectivity index (χ2v) is 4.89. The molecule has 0 aliphatic carbocycles. The minimum Gasteiger partial charge on any atom is -0.391 e. The Kier molecular flexibility index (Phi) is 6.99. The maximum atomic E-state index is 11.5. The predicted octanol–water partition coefficient (Wildman–Crippen LogP) is 0.803. The molecule has 100 valence electrons. The predicted molar refractivity (Wildman–Crippen MR) is 66.0 cm³/mol. The molecule has 0 amide bonds. The van der Waals surface area contributed by atoms with E-state index in [4.69, 9.17) is 11.5 Å². The SMILES string of the molecule is CC[C@H](C)[C@H](N)C(=O)OC(=O)[C@@H](N)CC(C)C. The lowest BCUT2D eigenvalue weighted by atomic mass is 10.0. The van der Waals surface area contributed by atoms with E-state index >= 15 is 0 Å². The van der Waals surface area contributed by atoms with E-state index in [1.807, 2.05) is 27.7 Å². The number of carbonyl (C=O) groups excluding carboxylic acids is 2. The minimum absolute atomic E-state index is 0.0170. The third-order valence-corrected chi connectivity index (χ3v) is 2.76. The molecule has 0 rings (SSSR count). The Labute approximate surface area is 103 Å². The Morgan fingerprint density at radius 2 is 1.65 bits per heavy atom. The van der Waals surface area contributed by atoms with Gasteiger partial charge in [0.15, 0.2) is 0 Å². The third-order valence-electron chi connectivity index (χ3n) is 2.76. The largest absolute Gasteiger partial charge is 0.391 e. The molecule has 0 aliphatic rings. The monoisotopic (exact) mass is 244 g/mol. The van der Waals surface area contributed by atoms with Gasteiger partial charge in [-0.25, -0.2) is 9.59 Å². The second-order valence-electron chi connectivity index (χ2n) is 4.89. The average Bonchev–Trinajstić information content (AvgIpc) is 2.25. The molecule has 0 fully saturated rings. The molecule has 17 heavy (non-hydrogen) atoms. The number of rotatable bonds is 6. The van der Waals surface area contributed by atoms with Crippen molar-refractivity contribution in [3.05, 3.63) is 0 Å². The van der Waals surface area contributed by atoms with E-state index in [1.165, 1.54) is 0 Å². The molecule has 0 aliphatic heterocycles. The Morgan fingerprint density at radius 1 is 1.12 bits per heavy atom. The summed E-state index contributed by atoms with van der Waals surface area (Å²) in [6.07, 6.45) is 1.24. The zero-order chi connectivity index (χ0) is 13.6. The van der Waals surface area contributed by atoms with E-state index in [1.54, 1.807) is 0 Å². The molecule has 0 aromatic heterocycles. The van der Waals surface area contributed by atoms with E-state index < -0.39 is 24.0 Å². The molecule has 5 nitrogen and oxygen atoms in total. The fourth-order valence-electron chi connectivity index (χ4n) is 1.33. The molecule has 0 heterocycles. The molecule has 0 bridgehead atoms. The number of hydrogen-bond acceptors (Lipinski definition) is 5. The molecule has 0 unspecified atom stereocenters. The quantitative estimate of drug-likeness (QED) is 0.532. The van der Waals surface area contributed by atoms with Gasteiger partial charge in [0.2, 0.25) is 0 Å². The van der Waals surface area contributed by atoms with Crippen molar-refractivity contribution in [3.8, 4) is 0 Å². The van der Waals surface area contributed by atoms with E-state index in [9.17, 15) is 9.59 Å². The Balaban J connectivity index is 4.24. The van der Waals surface area contributed by atoms with Crippen LogP contribution in [0.2, 0.25) is 0 Å². The van der Waals surface area contributed by atoms with Crippen molar-refractivity contribution >= 4 is 11.9 Å². The fraction of sp³-hybridized carbons (Fsp3) is 0.833. The summed E-state index contributed by atoms with van der Waals surface area (Å²) >= 11 is 0. The van der Waals surface area contributed by atoms with Crippen LogP contribution in [0.25, 0.3) is 0 Å². The average molecular weight is 244 g/mol. The molecule has 5 heteroatoms. The summed E-state index contributed by atoms with van der Waals surface area (Å²) in [5, 5.41) is 0. The Morgan fingerprint density at radius 3 is 2.06 bits per heavy atom. The summed E-state index contributed by atoms with van der Waals surface area (Å²) < 4.78 is 4.67. The molecule has 0 aromatic rings. The van der Waals surface area contributed by atoms with Crippen LogP contribution in [0.5, 0.6) is 0 Å². The van der Waals surface area contributed by atoms with Crippen LogP contribution in [0, 0.1) is 11.8 Å². The zero-order valence-corrected chi connectivity index (χ0v) is 11.1. The first kappa shape index (κ1) is 16.1. The molecule has 0 aromatic carbocycles. The second kappa shape index (κ2) is 7.40. The maximum absolute atomic E-state index is 11.5. The standard InChI is InChI=1S/C12H24N2O3/c1-5-8(4)10(14)12(16)17-11(15)9(13)6-7(2)3/h7-10H,5-6,13-14H2,1-4H3/t8-,9-,10-/m0/s1. The van der Waals surface area contributed by atoms with Crippen LogP contribution in [0.1, 0.15) is 40.5 Å². The lowest BCUT2D eigenvalue weighted by Crippen LogP contribution is -2.42. The van der Waals surface area contributed by atoms with E-state index in [0.717, 1.165) is 6.42 Å². The number of nitrogens with two attached hydrogens (primary N) is 2. The van der Waals surface area contributed by atoms with E-state index in [2.05, 4.69) is 4.74 Å². The number of hydrogen-bond donors (Lipinski definition) is 2. The van der Waals surface area contributed by atoms with E-state index in [0.29, 0.717) is 6.42 Å². The molecule has 4 N–H and O–H groups in total. The molecule has 3 atom stereocenters.